The Morgan fingerprint density at radius 1 is 1.22 bits per heavy atom. The zero-order valence-electron chi connectivity index (χ0n) is 15.1. The fourth-order valence-corrected chi connectivity index (χ4v) is 3.21. The molecule has 6 N–H and O–H groups in total. The molecule has 2 aliphatic rings. The van der Waals surface area contributed by atoms with E-state index in [4.69, 9.17) is 18.9 Å². The molecule has 2 fully saturated rings. The van der Waals surface area contributed by atoms with Crippen molar-refractivity contribution in [3.8, 4) is 0 Å². The molecule has 11 heteroatoms. The summed E-state index contributed by atoms with van der Waals surface area (Å²) in [5.74, 6) is -1.40. The number of carboxylic acids is 1. The largest absolute Gasteiger partial charge is 0.479 e. The van der Waals surface area contributed by atoms with Crippen molar-refractivity contribution >= 4 is 5.97 Å². The average molecular weight is 393 g/mol. The highest BCUT2D eigenvalue weighted by Crippen LogP contribution is 2.28. The van der Waals surface area contributed by atoms with Gasteiger partial charge in [-0.25, -0.2) is 4.79 Å². The van der Waals surface area contributed by atoms with E-state index in [1.54, 1.807) is 6.92 Å². The van der Waals surface area contributed by atoms with Gasteiger partial charge in [-0.3, -0.25) is 0 Å². The fourth-order valence-electron chi connectivity index (χ4n) is 3.21. The molecule has 2 heterocycles. The summed E-state index contributed by atoms with van der Waals surface area (Å²) in [5, 5.41) is 52.5. The minimum atomic E-state index is -1.63. The molecule has 2 unspecified atom stereocenters. The predicted molar refractivity (Wildman–Crippen MR) is 88.6 cm³/mol. The first-order valence-electron chi connectivity index (χ1n) is 8.46. The van der Waals surface area contributed by atoms with Crippen LogP contribution >= 0.6 is 0 Å². The van der Waals surface area contributed by atoms with Gasteiger partial charge >= 0.3 is 5.97 Å². The number of aliphatic hydroxyl groups is 4. The van der Waals surface area contributed by atoms with E-state index in [9.17, 15) is 30.3 Å². The van der Waals surface area contributed by atoms with Gasteiger partial charge < -0.3 is 49.8 Å². The molecule has 0 saturated carbocycles. The van der Waals surface area contributed by atoms with E-state index in [1.165, 1.54) is 7.11 Å². The van der Waals surface area contributed by atoms with Gasteiger partial charge in [-0.15, -0.1) is 0 Å². The van der Waals surface area contributed by atoms with Gasteiger partial charge in [-0.05, 0) is 6.92 Å². The smallest absolute Gasteiger partial charge is 0.335 e. The molecule has 0 radical (unpaired) electrons. The minimum Gasteiger partial charge on any atom is -0.479 e. The third kappa shape index (κ3) is 4.76. The van der Waals surface area contributed by atoms with E-state index in [-0.39, 0.29) is 6.61 Å². The molecule has 0 bridgehead atoms. The van der Waals surface area contributed by atoms with E-state index in [0.29, 0.717) is 5.70 Å². The van der Waals surface area contributed by atoms with E-state index >= 15 is 0 Å². The lowest BCUT2D eigenvalue weighted by Gasteiger charge is -2.45. The maximum Gasteiger partial charge on any atom is 0.335 e. The number of allylic oxidation sites excluding steroid dienone is 1. The van der Waals surface area contributed by atoms with Gasteiger partial charge in [0.2, 0.25) is 0 Å². The van der Waals surface area contributed by atoms with Crippen molar-refractivity contribution in [1.29, 1.82) is 0 Å². The Hall–Kier alpha value is -1.31. The van der Waals surface area contributed by atoms with Crippen LogP contribution in [0.3, 0.4) is 0 Å². The average Bonchev–Trinajstić information content (AvgIpc) is 2.61. The molecule has 0 aromatic heterocycles. The second kappa shape index (κ2) is 9.26. The van der Waals surface area contributed by atoms with Crippen molar-refractivity contribution in [3.63, 3.8) is 0 Å². The summed E-state index contributed by atoms with van der Waals surface area (Å²) < 4.78 is 21.2. The number of methoxy groups -OCH3 is 1. The van der Waals surface area contributed by atoms with E-state index in [1.807, 2.05) is 0 Å². The number of aliphatic carboxylic acids is 1. The highest BCUT2D eigenvalue weighted by atomic mass is 16.7. The van der Waals surface area contributed by atoms with E-state index in [2.05, 4.69) is 11.9 Å². The van der Waals surface area contributed by atoms with Gasteiger partial charge in [0.25, 0.3) is 0 Å². The van der Waals surface area contributed by atoms with Crippen molar-refractivity contribution in [2.75, 3.05) is 20.3 Å². The molecular weight excluding hydrogens is 366 g/mol. The Labute approximate surface area is 156 Å². The molecule has 27 heavy (non-hydrogen) atoms. The standard InChI is InChI=1S/C16H27NO10/c1-6(2)17-7-5-25-8(4-18)9(19)12(7)26-16-11(21)10(20)13(24-3)14(27-16)15(22)23/h7-14,16-21H,1,4-5H2,2-3H3,(H,22,23)/t7-,8+,9?,10-,11+,12+,13?,14-,16+/m1/s1. The molecule has 0 amide bonds. The summed E-state index contributed by atoms with van der Waals surface area (Å²) in [6.45, 7) is 4.97. The van der Waals surface area contributed by atoms with Crippen LogP contribution in [0, 0.1) is 0 Å². The molecule has 0 aromatic rings. The maximum absolute atomic E-state index is 11.4. The number of carboxylic acid groups (broad SMARTS) is 1. The Morgan fingerprint density at radius 2 is 1.89 bits per heavy atom. The molecule has 11 nitrogen and oxygen atoms in total. The summed E-state index contributed by atoms with van der Waals surface area (Å²) in [6.07, 6.45) is -11.0. The molecule has 2 saturated heterocycles. The zero-order valence-corrected chi connectivity index (χ0v) is 15.1. The summed E-state index contributed by atoms with van der Waals surface area (Å²) >= 11 is 0. The predicted octanol–water partition coefficient (Wildman–Crippen LogP) is -2.84. The topological polar surface area (TPSA) is 167 Å². The highest BCUT2D eigenvalue weighted by molar-refractivity contribution is 5.73. The highest BCUT2D eigenvalue weighted by Gasteiger charge is 2.51. The molecule has 9 atom stereocenters. The van der Waals surface area contributed by atoms with Crippen molar-refractivity contribution < 1.29 is 49.3 Å². The third-order valence-corrected chi connectivity index (χ3v) is 4.57. The van der Waals surface area contributed by atoms with Crippen LogP contribution in [-0.4, -0.2) is 107 Å². The number of nitrogens with one attached hydrogen (secondary N) is 1. The lowest BCUT2D eigenvalue weighted by atomic mass is 9.96. The van der Waals surface area contributed by atoms with Gasteiger partial charge in [0.05, 0.1) is 19.3 Å². The van der Waals surface area contributed by atoms with Crippen molar-refractivity contribution in [3.05, 3.63) is 12.3 Å². The molecule has 2 rings (SSSR count). The second-order valence-electron chi connectivity index (χ2n) is 6.62. The van der Waals surface area contributed by atoms with Crippen LogP contribution in [-0.2, 0) is 23.7 Å². The third-order valence-electron chi connectivity index (χ3n) is 4.57. The first kappa shape index (κ1) is 22.0. The fraction of sp³-hybridized carbons (Fsp3) is 0.812. The van der Waals surface area contributed by atoms with Crippen LogP contribution in [0.1, 0.15) is 6.92 Å². The van der Waals surface area contributed by atoms with Gasteiger partial charge in [0.1, 0.15) is 36.6 Å². The number of hydrogen-bond acceptors (Lipinski definition) is 10. The molecule has 156 valence electrons. The number of rotatable bonds is 7. The lowest BCUT2D eigenvalue weighted by molar-refractivity contribution is -0.324. The number of aliphatic hydroxyl groups excluding tert-OH is 4. The summed E-state index contributed by atoms with van der Waals surface area (Å²) in [6, 6.07) is -0.614. The monoisotopic (exact) mass is 393 g/mol. The Kier molecular flexibility index (Phi) is 7.54. The number of carbonyl (C=O) groups is 1. The van der Waals surface area contributed by atoms with Gasteiger partial charge in [-0.2, -0.15) is 0 Å². The summed E-state index contributed by atoms with van der Waals surface area (Å²) in [4.78, 5) is 11.4. The van der Waals surface area contributed by atoms with Crippen LogP contribution in [0.4, 0.5) is 0 Å². The Balaban J connectivity index is 2.21. The molecule has 0 aliphatic carbocycles. The maximum atomic E-state index is 11.4. The Morgan fingerprint density at radius 3 is 2.41 bits per heavy atom. The molecule has 0 spiro atoms. The summed E-state index contributed by atoms with van der Waals surface area (Å²) in [7, 11) is 1.18. The minimum absolute atomic E-state index is 0.0498. The summed E-state index contributed by atoms with van der Waals surface area (Å²) in [5.41, 5.74) is 0.555. The quantitative estimate of drug-likeness (QED) is 0.264. The van der Waals surface area contributed by atoms with Crippen molar-refractivity contribution in [1.82, 2.24) is 5.32 Å². The molecule has 0 aromatic carbocycles. The normalized spacial score (nSPS) is 42.5. The second-order valence-corrected chi connectivity index (χ2v) is 6.62. The van der Waals surface area contributed by atoms with E-state index < -0.39 is 67.6 Å². The van der Waals surface area contributed by atoms with Crippen LogP contribution < -0.4 is 5.32 Å². The Bertz CT molecular complexity index is 531. The van der Waals surface area contributed by atoms with Crippen LogP contribution in [0.25, 0.3) is 0 Å². The SMILES string of the molecule is C=C(C)N[C@@H]1CO[C@@H](CO)C(O)[C@H]1O[C@H]1O[C@@H](C(=O)O)C(OC)[C@H](O)[C@@H]1O. The van der Waals surface area contributed by atoms with Gasteiger partial charge in [0, 0.05) is 12.8 Å². The lowest BCUT2D eigenvalue weighted by Crippen LogP contribution is -2.65. The number of ether oxygens (including phenoxy) is 4. The van der Waals surface area contributed by atoms with Gasteiger partial charge in [-0.1, -0.05) is 6.58 Å². The molecule has 2 aliphatic heterocycles. The van der Waals surface area contributed by atoms with Crippen LogP contribution in [0.2, 0.25) is 0 Å². The van der Waals surface area contributed by atoms with Gasteiger partial charge in [0.15, 0.2) is 12.4 Å². The van der Waals surface area contributed by atoms with E-state index in [0.717, 1.165) is 0 Å². The first-order chi connectivity index (χ1) is 12.7. The first-order valence-corrected chi connectivity index (χ1v) is 8.46. The van der Waals surface area contributed by atoms with Crippen molar-refractivity contribution in [2.45, 2.75) is 62.0 Å². The van der Waals surface area contributed by atoms with Crippen molar-refractivity contribution in [2.24, 2.45) is 0 Å². The van der Waals surface area contributed by atoms with Crippen LogP contribution in [0.5, 0.6) is 0 Å². The number of hydrogen-bond donors (Lipinski definition) is 6. The molecular formula is C16H27NO10. The van der Waals surface area contributed by atoms with Crippen LogP contribution in [0.15, 0.2) is 12.3 Å². The zero-order chi connectivity index (χ0) is 20.3.